The van der Waals surface area contributed by atoms with E-state index in [0.717, 1.165) is 37.4 Å². The Morgan fingerprint density at radius 3 is 2.60 bits per heavy atom. The van der Waals surface area contributed by atoms with Gasteiger partial charge in [0.25, 0.3) is 5.91 Å². The first-order chi connectivity index (χ1) is 9.75. The fourth-order valence-electron chi connectivity index (χ4n) is 2.49. The third-order valence-corrected chi connectivity index (χ3v) is 3.51. The number of rotatable bonds is 2. The van der Waals surface area contributed by atoms with Crippen molar-refractivity contribution in [1.29, 1.82) is 0 Å². The molecule has 1 saturated heterocycles. The number of aromatic nitrogens is 2. The molecule has 20 heavy (non-hydrogen) atoms. The molecule has 1 aromatic carbocycles. The average molecular weight is 270 g/mol. The first-order valence-electron chi connectivity index (χ1n) is 6.85. The van der Waals surface area contributed by atoms with E-state index in [9.17, 15) is 4.79 Å². The quantitative estimate of drug-likeness (QED) is 0.890. The maximum atomic E-state index is 12.7. The Balaban J connectivity index is 1.95. The number of hydrogen-bond acceptors (Lipinski definition) is 3. The number of amides is 1. The molecule has 0 unspecified atom stereocenters. The van der Waals surface area contributed by atoms with Crippen molar-refractivity contribution in [2.24, 2.45) is 7.05 Å². The van der Waals surface area contributed by atoms with Crippen LogP contribution < -0.4 is 5.32 Å². The van der Waals surface area contributed by atoms with Gasteiger partial charge < -0.3 is 10.2 Å². The molecular weight excluding hydrogens is 252 g/mol. The molecule has 1 aliphatic rings. The minimum atomic E-state index is 0.0680. The van der Waals surface area contributed by atoms with Gasteiger partial charge in [0.15, 0.2) is 0 Å². The predicted molar refractivity (Wildman–Crippen MR) is 77.4 cm³/mol. The molecule has 0 saturated carbocycles. The van der Waals surface area contributed by atoms with Crippen LogP contribution in [-0.2, 0) is 7.05 Å². The number of hydrogen-bond donors (Lipinski definition) is 1. The number of piperazine rings is 1. The minimum absolute atomic E-state index is 0.0680. The molecule has 1 aliphatic heterocycles. The monoisotopic (exact) mass is 270 g/mol. The summed E-state index contributed by atoms with van der Waals surface area (Å²) in [4.78, 5) is 14.5. The van der Waals surface area contributed by atoms with E-state index in [4.69, 9.17) is 0 Å². The summed E-state index contributed by atoms with van der Waals surface area (Å²) in [5.41, 5.74) is 2.42. The highest BCUT2D eigenvalue weighted by molar-refractivity contribution is 5.99. The van der Waals surface area contributed by atoms with E-state index in [1.54, 1.807) is 4.68 Å². The second-order valence-corrected chi connectivity index (χ2v) is 4.97. The molecule has 104 valence electrons. The summed E-state index contributed by atoms with van der Waals surface area (Å²) in [5, 5.41) is 7.71. The van der Waals surface area contributed by atoms with Gasteiger partial charge >= 0.3 is 0 Å². The Morgan fingerprint density at radius 1 is 1.20 bits per heavy atom. The topological polar surface area (TPSA) is 50.2 Å². The highest BCUT2D eigenvalue weighted by atomic mass is 16.2. The fourth-order valence-corrected chi connectivity index (χ4v) is 2.49. The molecule has 5 nitrogen and oxygen atoms in total. The predicted octanol–water partition coefficient (Wildman–Crippen LogP) is 1.13. The van der Waals surface area contributed by atoms with Crippen LogP contribution in [0.5, 0.6) is 0 Å². The fraction of sp³-hybridized carbons (Fsp3) is 0.333. The van der Waals surface area contributed by atoms with E-state index < -0.39 is 0 Å². The zero-order chi connectivity index (χ0) is 13.9. The van der Waals surface area contributed by atoms with Crippen molar-refractivity contribution < 1.29 is 4.79 Å². The molecule has 0 aliphatic carbocycles. The van der Waals surface area contributed by atoms with E-state index in [-0.39, 0.29) is 5.91 Å². The van der Waals surface area contributed by atoms with Crippen LogP contribution in [0.3, 0.4) is 0 Å². The number of nitrogens with one attached hydrogen (secondary N) is 1. The maximum absolute atomic E-state index is 12.7. The molecule has 0 bridgehead atoms. The van der Waals surface area contributed by atoms with Crippen LogP contribution in [0.15, 0.2) is 36.5 Å². The van der Waals surface area contributed by atoms with Crippen molar-refractivity contribution in [2.45, 2.75) is 0 Å². The number of carbonyl (C=O) groups excluding carboxylic acids is 1. The Hall–Kier alpha value is -2.14. The summed E-state index contributed by atoms with van der Waals surface area (Å²) in [5.74, 6) is 0.0680. The lowest BCUT2D eigenvalue weighted by atomic mass is 10.1. The largest absolute Gasteiger partial charge is 0.336 e. The second kappa shape index (κ2) is 5.46. The van der Waals surface area contributed by atoms with Crippen molar-refractivity contribution in [3.63, 3.8) is 0 Å². The van der Waals surface area contributed by atoms with Crippen molar-refractivity contribution in [3.8, 4) is 11.3 Å². The maximum Gasteiger partial charge on any atom is 0.257 e. The molecule has 0 atom stereocenters. The van der Waals surface area contributed by atoms with E-state index in [0.29, 0.717) is 5.56 Å². The average Bonchev–Trinajstić information content (AvgIpc) is 2.90. The summed E-state index contributed by atoms with van der Waals surface area (Å²) in [6, 6.07) is 9.85. The van der Waals surface area contributed by atoms with E-state index >= 15 is 0 Å². The Morgan fingerprint density at radius 2 is 1.90 bits per heavy atom. The molecule has 0 radical (unpaired) electrons. The van der Waals surface area contributed by atoms with E-state index in [1.165, 1.54) is 0 Å². The van der Waals surface area contributed by atoms with Gasteiger partial charge in [0.05, 0.1) is 5.56 Å². The molecule has 2 heterocycles. The van der Waals surface area contributed by atoms with Gasteiger partial charge in [0.1, 0.15) is 5.69 Å². The highest BCUT2D eigenvalue weighted by Gasteiger charge is 2.23. The Kier molecular flexibility index (Phi) is 3.52. The van der Waals surface area contributed by atoms with E-state index in [2.05, 4.69) is 10.4 Å². The lowest BCUT2D eigenvalue weighted by Crippen LogP contribution is -2.46. The number of nitrogens with zero attached hydrogens (tertiary/aromatic N) is 3. The molecule has 1 fully saturated rings. The smallest absolute Gasteiger partial charge is 0.257 e. The first kappa shape index (κ1) is 12.9. The SMILES string of the molecule is Cn1cc(C(=O)N2CCNCC2)c(-c2ccccc2)n1. The third-order valence-electron chi connectivity index (χ3n) is 3.51. The summed E-state index contributed by atoms with van der Waals surface area (Å²) >= 11 is 0. The molecule has 0 spiro atoms. The van der Waals surface area contributed by atoms with Crippen molar-refractivity contribution >= 4 is 5.91 Å². The number of aryl methyl sites for hydroxylation is 1. The Labute approximate surface area is 118 Å². The van der Waals surface area contributed by atoms with Crippen LogP contribution in [0.2, 0.25) is 0 Å². The summed E-state index contributed by atoms with van der Waals surface area (Å²) in [7, 11) is 1.85. The van der Waals surface area contributed by atoms with Crippen LogP contribution >= 0.6 is 0 Å². The van der Waals surface area contributed by atoms with Gasteiger partial charge in [-0.05, 0) is 0 Å². The number of carbonyl (C=O) groups is 1. The Bertz CT molecular complexity index is 600. The molecule has 3 rings (SSSR count). The van der Waals surface area contributed by atoms with Crippen molar-refractivity contribution in [1.82, 2.24) is 20.0 Å². The summed E-state index contributed by atoms with van der Waals surface area (Å²) < 4.78 is 1.71. The summed E-state index contributed by atoms with van der Waals surface area (Å²) in [6.45, 7) is 3.21. The number of benzene rings is 1. The van der Waals surface area contributed by atoms with E-state index in [1.807, 2.05) is 48.5 Å². The highest BCUT2D eigenvalue weighted by Crippen LogP contribution is 2.22. The molecule has 5 heteroatoms. The standard InChI is InChI=1S/C15H18N4O/c1-18-11-13(15(20)19-9-7-16-8-10-19)14(17-18)12-5-3-2-4-6-12/h2-6,11,16H,7-10H2,1H3. The zero-order valence-corrected chi connectivity index (χ0v) is 11.5. The molecule has 1 aromatic heterocycles. The van der Waals surface area contributed by atoms with Gasteiger partial charge in [-0.3, -0.25) is 9.48 Å². The van der Waals surface area contributed by atoms with Gasteiger partial charge in [-0.1, -0.05) is 30.3 Å². The third kappa shape index (κ3) is 2.44. The van der Waals surface area contributed by atoms with Gasteiger partial charge in [-0.2, -0.15) is 5.10 Å². The van der Waals surface area contributed by atoms with Crippen LogP contribution in [0.4, 0.5) is 0 Å². The van der Waals surface area contributed by atoms with Crippen molar-refractivity contribution in [3.05, 3.63) is 42.1 Å². The zero-order valence-electron chi connectivity index (χ0n) is 11.5. The molecule has 1 N–H and O–H groups in total. The first-order valence-corrected chi connectivity index (χ1v) is 6.85. The normalized spacial score (nSPS) is 15.3. The second-order valence-electron chi connectivity index (χ2n) is 4.97. The van der Waals surface area contributed by atoms with Crippen LogP contribution in [0.1, 0.15) is 10.4 Å². The van der Waals surface area contributed by atoms with Gasteiger partial charge in [0, 0.05) is 45.0 Å². The lowest BCUT2D eigenvalue weighted by Gasteiger charge is -2.27. The van der Waals surface area contributed by atoms with Crippen LogP contribution in [0.25, 0.3) is 11.3 Å². The molecule has 2 aromatic rings. The lowest BCUT2D eigenvalue weighted by molar-refractivity contribution is 0.0736. The van der Waals surface area contributed by atoms with Gasteiger partial charge in [-0.25, -0.2) is 0 Å². The molecule has 1 amide bonds. The van der Waals surface area contributed by atoms with Gasteiger partial charge in [0.2, 0.25) is 0 Å². The van der Waals surface area contributed by atoms with Crippen molar-refractivity contribution in [2.75, 3.05) is 26.2 Å². The van der Waals surface area contributed by atoms with Crippen LogP contribution in [0, 0.1) is 0 Å². The molecular formula is C15H18N4O. The van der Waals surface area contributed by atoms with Gasteiger partial charge in [-0.15, -0.1) is 0 Å². The summed E-state index contributed by atoms with van der Waals surface area (Å²) in [6.07, 6.45) is 1.81. The minimum Gasteiger partial charge on any atom is -0.336 e. The van der Waals surface area contributed by atoms with Crippen LogP contribution in [-0.4, -0.2) is 46.8 Å².